The van der Waals surface area contributed by atoms with Crippen LogP contribution in [0.25, 0.3) is 0 Å². The highest BCUT2D eigenvalue weighted by molar-refractivity contribution is 5.71. The van der Waals surface area contributed by atoms with Crippen LogP contribution in [0.2, 0.25) is 0 Å². The van der Waals surface area contributed by atoms with Gasteiger partial charge in [-0.1, -0.05) is 11.6 Å². The molecule has 0 radical (unpaired) electrons. The summed E-state index contributed by atoms with van der Waals surface area (Å²) in [4.78, 5) is 13.4. The summed E-state index contributed by atoms with van der Waals surface area (Å²) >= 11 is 0. The van der Waals surface area contributed by atoms with Crippen molar-refractivity contribution in [1.29, 1.82) is 0 Å². The van der Waals surface area contributed by atoms with E-state index in [1.165, 1.54) is 0 Å². The van der Waals surface area contributed by atoms with Crippen molar-refractivity contribution < 1.29 is 22.7 Å². The third kappa shape index (κ3) is 2.99. The van der Waals surface area contributed by atoms with Crippen LogP contribution in [0, 0.1) is 6.92 Å². The third-order valence-corrected chi connectivity index (χ3v) is 3.63. The van der Waals surface area contributed by atoms with Gasteiger partial charge in [-0.15, -0.1) is 0 Å². The van der Waals surface area contributed by atoms with Crippen LogP contribution in [0.1, 0.15) is 43.6 Å². The van der Waals surface area contributed by atoms with Gasteiger partial charge in [-0.25, -0.2) is 4.79 Å². The van der Waals surface area contributed by atoms with Crippen molar-refractivity contribution in [3.63, 3.8) is 0 Å². The molecule has 0 saturated carbocycles. The second kappa shape index (κ2) is 5.24. The van der Waals surface area contributed by atoms with Crippen molar-refractivity contribution in [3.05, 3.63) is 34.9 Å². The van der Waals surface area contributed by atoms with Gasteiger partial charge in [-0.05, 0) is 45.4 Å². The fourth-order valence-corrected chi connectivity index (χ4v) is 2.75. The molecular formula is C15H18F3NO2. The molecule has 1 saturated heterocycles. The van der Waals surface area contributed by atoms with E-state index in [0.717, 1.165) is 12.1 Å². The maximum Gasteiger partial charge on any atom is 0.416 e. The highest BCUT2D eigenvalue weighted by atomic mass is 19.4. The Balaban J connectivity index is 2.39. The molecule has 21 heavy (non-hydrogen) atoms. The van der Waals surface area contributed by atoms with Crippen molar-refractivity contribution in [1.82, 2.24) is 4.90 Å². The van der Waals surface area contributed by atoms with E-state index in [1.807, 2.05) is 13.8 Å². The Kier molecular flexibility index (Phi) is 3.91. The minimum Gasteiger partial charge on any atom is -0.439 e. The minimum absolute atomic E-state index is 0.0654. The molecule has 2 rings (SSSR count). The lowest BCUT2D eigenvalue weighted by atomic mass is 9.98. The zero-order valence-corrected chi connectivity index (χ0v) is 12.4. The highest BCUT2D eigenvalue weighted by Gasteiger charge is 2.42. The zero-order chi connectivity index (χ0) is 15.9. The van der Waals surface area contributed by atoms with Crippen molar-refractivity contribution in [2.24, 2.45) is 0 Å². The first kappa shape index (κ1) is 15.7. The summed E-state index contributed by atoms with van der Waals surface area (Å²) in [5.41, 5.74) is 0.154. The Hall–Kier alpha value is -1.72. The van der Waals surface area contributed by atoms with E-state index in [9.17, 15) is 18.0 Å². The summed E-state index contributed by atoms with van der Waals surface area (Å²) in [5, 5.41) is 0. The first-order valence-corrected chi connectivity index (χ1v) is 6.79. The zero-order valence-electron chi connectivity index (χ0n) is 12.4. The molecule has 1 aliphatic heterocycles. The van der Waals surface area contributed by atoms with Crippen molar-refractivity contribution >= 4 is 6.09 Å². The number of aryl methyl sites for hydroxylation is 1. The Morgan fingerprint density at radius 1 is 1.24 bits per heavy atom. The average molecular weight is 301 g/mol. The fraction of sp³-hybridized carbons (Fsp3) is 0.533. The van der Waals surface area contributed by atoms with Crippen LogP contribution < -0.4 is 0 Å². The molecule has 1 aromatic rings. The van der Waals surface area contributed by atoms with E-state index in [1.54, 1.807) is 24.8 Å². The van der Waals surface area contributed by atoms with Gasteiger partial charge in [0, 0.05) is 6.04 Å². The maximum atomic E-state index is 12.9. The van der Waals surface area contributed by atoms with Crippen LogP contribution in [-0.2, 0) is 10.9 Å². The molecule has 0 unspecified atom stereocenters. The highest BCUT2D eigenvalue weighted by Crippen LogP contribution is 2.37. The van der Waals surface area contributed by atoms with Gasteiger partial charge >= 0.3 is 12.3 Å². The molecule has 116 valence electrons. The maximum absolute atomic E-state index is 12.9. The molecular weight excluding hydrogens is 283 g/mol. The monoisotopic (exact) mass is 301 g/mol. The number of hydrogen-bond donors (Lipinski definition) is 0. The Labute approximate surface area is 121 Å². The molecule has 0 N–H and O–H groups in total. The molecule has 1 amide bonds. The third-order valence-electron chi connectivity index (χ3n) is 3.63. The normalized spacial score (nSPS) is 22.9. The summed E-state index contributed by atoms with van der Waals surface area (Å²) < 4.78 is 44.0. The van der Waals surface area contributed by atoms with Crippen LogP contribution >= 0.6 is 0 Å². The van der Waals surface area contributed by atoms with Crippen LogP contribution in [-0.4, -0.2) is 23.1 Å². The second-order valence-electron chi connectivity index (χ2n) is 5.68. The standard InChI is InChI=1S/C15H18F3NO2/c1-8(2)19-10(4)13(21-14(19)20)11-5-9(3)6-12(7-11)15(16,17)18/h5-8,10,13H,1-4H3/t10-,13-/m0/s1. The van der Waals surface area contributed by atoms with E-state index in [0.29, 0.717) is 11.1 Å². The summed E-state index contributed by atoms with van der Waals surface area (Å²) in [5.74, 6) is 0. The Morgan fingerprint density at radius 3 is 2.33 bits per heavy atom. The predicted octanol–water partition coefficient (Wildman–Crippen LogP) is 4.30. The number of carbonyl (C=O) groups excluding carboxylic acids is 1. The molecule has 6 heteroatoms. The number of hydrogen-bond acceptors (Lipinski definition) is 2. The Bertz CT molecular complexity index is 554. The molecule has 1 fully saturated rings. The van der Waals surface area contributed by atoms with E-state index >= 15 is 0 Å². The molecule has 0 spiro atoms. The fourth-order valence-electron chi connectivity index (χ4n) is 2.75. The lowest BCUT2D eigenvalue weighted by Crippen LogP contribution is -2.37. The lowest BCUT2D eigenvalue weighted by Gasteiger charge is -2.24. The van der Waals surface area contributed by atoms with Gasteiger partial charge in [0.15, 0.2) is 0 Å². The molecule has 0 aromatic heterocycles. The minimum atomic E-state index is -4.41. The molecule has 3 nitrogen and oxygen atoms in total. The van der Waals surface area contributed by atoms with Gasteiger partial charge in [-0.3, -0.25) is 4.90 Å². The first-order chi connectivity index (χ1) is 9.61. The van der Waals surface area contributed by atoms with Gasteiger partial charge in [-0.2, -0.15) is 13.2 Å². The van der Waals surface area contributed by atoms with Crippen molar-refractivity contribution in [2.45, 2.75) is 52.1 Å². The van der Waals surface area contributed by atoms with Crippen molar-refractivity contribution in [3.8, 4) is 0 Å². The number of halogens is 3. The van der Waals surface area contributed by atoms with E-state index < -0.39 is 23.9 Å². The number of amides is 1. The summed E-state index contributed by atoms with van der Waals surface area (Å²) in [6.45, 7) is 7.07. The predicted molar refractivity (Wildman–Crippen MR) is 71.8 cm³/mol. The van der Waals surface area contributed by atoms with Gasteiger partial charge in [0.1, 0.15) is 6.10 Å². The number of carbonyl (C=O) groups is 1. The smallest absolute Gasteiger partial charge is 0.416 e. The first-order valence-electron chi connectivity index (χ1n) is 6.79. The summed E-state index contributed by atoms with van der Waals surface area (Å²) in [6, 6.07) is 3.41. The van der Waals surface area contributed by atoms with Gasteiger partial charge < -0.3 is 4.74 Å². The Morgan fingerprint density at radius 2 is 1.86 bits per heavy atom. The number of benzene rings is 1. The number of ether oxygens (including phenoxy) is 1. The molecule has 0 bridgehead atoms. The molecule has 1 aliphatic rings. The summed E-state index contributed by atoms with van der Waals surface area (Å²) in [7, 11) is 0. The number of nitrogens with zero attached hydrogens (tertiary/aromatic N) is 1. The van der Waals surface area contributed by atoms with Crippen molar-refractivity contribution in [2.75, 3.05) is 0 Å². The molecule has 1 aromatic carbocycles. The largest absolute Gasteiger partial charge is 0.439 e. The average Bonchev–Trinajstić information content (AvgIpc) is 2.62. The SMILES string of the molecule is Cc1cc([C@H]2OC(=O)N(C(C)C)[C@H]2C)cc(C(F)(F)F)c1. The van der Waals surface area contributed by atoms with Crippen LogP contribution in [0.15, 0.2) is 18.2 Å². The number of alkyl halides is 3. The van der Waals surface area contributed by atoms with E-state index in [2.05, 4.69) is 0 Å². The summed E-state index contributed by atoms with van der Waals surface area (Å²) in [6.07, 6.45) is -5.58. The molecule has 1 heterocycles. The topological polar surface area (TPSA) is 29.5 Å². The number of cyclic esters (lactones) is 1. The molecule has 0 aliphatic carbocycles. The van der Waals surface area contributed by atoms with Gasteiger partial charge in [0.05, 0.1) is 11.6 Å². The number of rotatable bonds is 2. The quantitative estimate of drug-likeness (QED) is 0.815. The lowest BCUT2D eigenvalue weighted by molar-refractivity contribution is -0.137. The van der Waals surface area contributed by atoms with Crippen LogP contribution in [0.3, 0.4) is 0 Å². The van der Waals surface area contributed by atoms with Gasteiger partial charge in [0.2, 0.25) is 0 Å². The van der Waals surface area contributed by atoms with Crippen LogP contribution in [0.5, 0.6) is 0 Å². The van der Waals surface area contributed by atoms with E-state index in [-0.39, 0.29) is 12.1 Å². The van der Waals surface area contributed by atoms with Gasteiger partial charge in [0.25, 0.3) is 0 Å². The van der Waals surface area contributed by atoms with E-state index in [4.69, 9.17) is 4.74 Å². The van der Waals surface area contributed by atoms with Crippen LogP contribution in [0.4, 0.5) is 18.0 Å². The molecule has 2 atom stereocenters. The second-order valence-corrected chi connectivity index (χ2v) is 5.68.